The van der Waals surface area contributed by atoms with Crippen molar-refractivity contribution in [1.29, 1.82) is 0 Å². The number of anilines is 1. The summed E-state index contributed by atoms with van der Waals surface area (Å²) in [6.45, 7) is 9.88. The number of unbranched alkanes of at least 4 members (excludes halogenated alkanes) is 1. The summed E-state index contributed by atoms with van der Waals surface area (Å²) in [4.78, 5) is 40.6. The first-order chi connectivity index (χ1) is 12.9. The molecule has 1 saturated heterocycles. The van der Waals surface area contributed by atoms with Crippen LogP contribution in [0.1, 0.15) is 57.3 Å². The average Bonchev–Trinajstić information content (AvgIpc) is 3.05. The van der Waals surface area contributed by atoms with Crippen molar-refractivity contribution in [2.75, 3.05) is 25.0 Å². The minimum atomic E-state index is -0.328. The Morgan fingerprint density at radius 1 is 1.22 bits per heavy atom. The Balaban J connectivity index is 1.96. The number of nitrogens with zero attached hydrogens (tertiary/aromatic N) is 2. The lowest BCUT2D eigenvalue weighted by molar-refractivity contribution is -0.129. The van der Waals surface area contributed by atoms with Crippen LogP contribution in [0, 0.1) is 5.92 Å². The molecule has 0 radical (unpaired) electrons. The summed E-state index contributed by atoms with van der Waals surface area (Å²) >= 11 is 0. The number of rotatable bonds is 8. The van der Waals surface area contributed by atoms with Gasteiger partial charge in [0.15, 0.2) is 0 Å². The highest BCUT2D eigenvalue weighted by Gasteiger charge is 2.35. The van der Waals surface area contributed by atoms with Crippen molar-refractivity contribution in [1.82, 2.24) is 9.80 Å². The van der Waals surface area contributed by atoms with Crippen molar-refractivity contribution in [3.8, 4) is 0 Å². The van der Waals surface area contributed by atoms with Crippen LogP contribution in [0.3, 0.4) is 0 Å². The van der Waals surface area contributed by atoms with Gasteiger partial charge in [-0.05, 0) is 51.5 Å². The van der Waals surface area contributed by atoms with Crippen molar-refractivity contribution < 1.29 is 14.4 Å². The quantitative estimate of drug-likeness (QED) is 0.761. The average molecular weight is 373 g/mol. The molecular formula is C21H31N3O3. The highest BCUT2D eigenvalue weighted by molar-refractivity contribution is 5.98. The largest absolute Gasteiger partial charge is 0.339 e. The summed E-state index contributed by atoms with van der Waals surface area (Å²) in [6.07, 6.45) is 2.29. The fraction of sp³-hybridized carbons (Fsp3) is 0.571. The van der Waals surface area contributed by atoms with Crippen LogP contribution in [0.4, 0.5) is 5.69 Å². The van der Waals surface area contributed by atoms with Crippen LogP contribution in [0.15, 0.2) is 24.3 Å². The maximum absolute atomic E-state index is 12.6. The van der Waals surface area contributed by atoms with Crippen molar-refractivity contribution in [3.05, 3.63) is 29.8 Å². The van der Waals surface area contributed by atoms with Gasteiger partial charge in [-0.3, -0.25) is 14.4 Å². The van der Waals surface area contributed by atoms with E-state index in [0.717, 1.165) is 19.4 Å². The zero-order chi connectivity index (χ0) is 20.0. The fourth-order valence-corrected chi connectivity index (χ4v) is 3.28. The van der Waals surface area contributed by atoms with Crippen LogP contribution in [-0.4, -0.2) is 53.2 Å². The highest BCUT2D eigenvalue weighted by atomic mass is 16.2. The molecule has 1 aromatic rings. The normalized spacial score (nSPS) is 16.7. The van der Waals surface area contributed by atoms with E-state index in [4.69, 9.17) is 0 Å². The number of nitrogens with one attached hydrogen (secondary N) is 1. The van der Waals surface area contributed by atoms with E-state index in [1.54, 1.807) is 29.2 Å². The van der Waals surface area contributed by atoms with E-state index in [-0.39, 0.29) is 36.1 Å². The number of carbonyl (C=O) groups excluding carboxylic acids is 3. The molecule has 1 aromatic carbocycles. The fourth-order valence-electron chi connectivity index (χ4n) is 3.28. The van der Waals surface area contributed by atoms with E-state index in [1.807, 2.05) is 25.7 Å². The third-order valence-corrected chi connectivity index (χ3v) is 5.00. The van der Waals surface area contributed by atoms with Gasteiger partial charge in [-0.15, -0.1) is 0 Å². The standard InChI is InChI=1S/C21H31N3O3/c1-5-7-12-23(6-2)21(27)16-8-10-18(11-9-16)22-20(26)17-13-19(25)24(14-17)15(3)4/h8-11,15,17H,5-7,12-14H2,1-4H3,(H,22,26). The Labute approximate surface area is 161 Å². The van der Waals surface area contributed by atoms with E-state index in [0.29, 0.717) is 24.3 Å². The number of amides is 3. The maximum Gasteiger partial charge on any atom is 0.253 e. The van der Waals surface area contributed by atoms with Gasteiger partial charge >= 0.3 is 0 Å². The molecule has 6 nitrogen and oxygen atoms in total. The molecule has 0 spiro atoms. The Morgan fingerprint density at radius 3 is 2.41 bits per heavy atom. The molecule has 1 aliphatic heterocycles. The second kappa shape index (κ2) is 9.53. The number of carbonyl (C=O) groups is 3. The van der Waals surface area contributed by atoms with Gasteiger partial charge in [0, 0.05) is 43.3 Å². The highest BCUT2D eigenvalue weighted by Crippen LogP contribution is 2.22. The summed E-state index contributed by atoms with van der Waals surface area (Å²) in [6, 6.07) is 7.08. The minimum absolute atomic E-state index is 0.0118. The SMILES string of the molecule is CCCCN(CC)C(=O)c1ccc(NC(=O)C2CC(=O)N(C(C)C)C2)cc1. The van der Waals surface area contributed by atoms with Gasteiger partial charge in [0.25, 0.3) is 5.91 Å². The molecule has 6 heteroatoms. The number of likely N-dealkylation sites (tertiary alicyclic amines) is 1. The van der Waals surface area contributed by atoms with Gasteiger partial charge in [-0.2, -0.15) is 0 Å². The molecule has 2 rings (SSSR count). The van der Waals surface area contributed by atoms with Gasteiger partial charge in [0.1, 0.15) is 0 Å². The molecule has 27 heavy (non-hydrogen) atoms. The molecule has 0 aromatic heterocycles. The predicted octanol–water partition coefficient (Wildman–Crippen LogP) is 3.14. The van der Waals surface area contributed by atoms with Crippen LogP contribution < -0.4 is 5.32 Å². The first kappa shape index (κ1) is 20.9. The number of hydrogen-bond acceptors (Lipinski definition) is 3. The van der Waals surface area contributed by atoms with Gasteiger partial charge in [-0.25, -0.2) is 0 Å². The Kier molecular flexibility index (Phi) is 7.39. The molecule has 0 aliphatic carbocycles. The lowest BCUT2D eigenvalue weighted by atomic mass is 10.1. The smallest absolute Gasteiger partial charge is 0.253 e. The van der Waals surface area contributed by atoms with Gasteiger partial charge < -0.3 is 15.1 Å². The first-order valence-electron chi connectivity index (χ1n) is 9.87. The molecule has 148 valence electrons. The Bertz CT molecular complexity index is 670. The van der Waals surface area contributed by atoms with Gasteiger partial charge in [0.05, 0.1) is 5.92 Å². The van der Waals surface area contributed by atoms with Crippen LogP contribution in [-0.2, 0) is 9.59 Å². The van der Waals surface area contributed by atoms with Gasteiger partial charge in [-0.1, -0.05) is 13.3 Å². The minimum Gasteiger partial charge on any atom is -0.339 e. The van der Waals surface area contributed by atoms with E-state index < -0.39 is 0 Å². The lowest BCUT2D eigenvalue weighted by Gasteiger charge is -2.21. The summed E-state index contributed by atoms with van der Waals surface area (Å²) in [5.74, 6) is -0.440. The zero-order valence-electron chi connectivity index (χ0n) is 16.8. The van der Waals surface area contributed by atoms with E-state index in [1.165, 1.54) is 0 Å². The summed E-state index contributed by atoms with van der Waals surface area (Å²) < 4.78 is 0. The topological polar surface area (TPSA) is 69.7 Å². The monoisotopic (exact) mass is 373 g/mol. The van der Waals surface area contributed by atoms with Crippen LogP contribution in [0.5, 0.6) is 0 Å². The first-order valence-corrected chi connectivity index (χ1v) is 9.87. The Hall–Kier alpha value is -2.37. The second-order valence-electron chi connectivity index (χ2n) is 7.35. The number of benzene rings is 1. The number of hydrogen-bond donors (Lipinski definition) is 1. The van der Waals surface area contributed by atoms with Gasteiger partial charge in [0.2, 0.25) is 11.8 Å². The summed E-state index contributed by atoms with van der Waals surface area (Å²) in [7, 11) is 0. The summed E-state index contributed by atoms with van der Waals surface area (Å²) in [5, 5.41) is 2.86. The third-order valence-electron chi connectivity index (χ3n) is 5.00. The van der Waals surface area contributed by atoms with Crippen LogP contribution in [0.2, 0.25) is 0 Å². The van der Waals surface area contributed by atoms with Crippen molar-refractivity contribution in [3.63, 3.8) is 0 Å². The van der Waals surface area contributed by atoms with Crippen molar-refractivity contribution >= 4 is 23.4 Å². The molecular weight excluding hydrogens is 342 g/mol. The van der Waals surface area contributed by atoms with Crippen molar-refractivity contribution in [2.24, 2.45) is 5.92 Å². The molecule has 1 aliphatic rings. The Morgan fingerprint density at radius 2 is 1.89 bits per heavy atom. The second-order valence-corrected chi connectivity index (χ2v) is 7.35. The molecule has 0 saturated carbocycles. The summed E-state index contributed by atoms with van der Waals surface area (Å²) in [5.41, 5.74) is 1.26. The molecule has 1 fully saturated rings. The molecule has 1 atom stereocenters. The van der Waals surface area contributed by atoms with Crippen molar-refractivity contribution in [2.45, 2.75) is 53.0 Å². The maximum atomic E-state index is 12.6. The molecule has 1 N–H and O–H groups in total. The van der Waals surface area contributed by atoms with E-state index in [2.05, 4.69) is 12.2 Å². The molecule has 3 amide bonds. The predicted molar refractivity (Wildman–Crippen MR) is 107 cm³/mol. The third kappa shape index (κ3) is 5.31. The van der Waals surface area contributed by atoms with Crippen LogP contribution in [0.25, 0.3) is 0 Å². The zero-order valence-corrected chi connectivity index (χ0v) is 16.8. The van der Waals surface area contributed by atoms with E-state index in [9.17, 15) is 14.4 Å². The van der Waals surface area contributed by atoms with E-state index >= 15 is 0 Å². The molecule has 1 unspecified atom stereocenters. The molecule has 1 heterocycles. The lowest BCUT2D eigenvalue weighted by Crippen LogP contribution is -2.33. The molecule has 0 bridgehead atoms. The van der Waals surface area contributed by atoms with Crippen LogP contribution >= 0.6 is 0 Å².